The first-order chi connectivity index (χ1) is 8.18. The Morgan fingerprint density at radius 2 is 2.00 bits per heavy atom. The standard InChI is InChI=1S/C15H21NO/c1-12(2)15(17)16-10-6-9-14(11-16)13-7-4-3-5-8-13/h3-5,7-8,12,14H,6,9-11H2,1-2H3/t14-/m1/s1. The first kappa shape index (κ1) is 12.2. The number of piperidine rings is 1. The summed E-state index contributed by atoms with van der Waals surface area (Å²) < 4.78 is 0. The van der Waals surface area contributed by atoms with Crippen molar-refractivity contribution < 1.29 is 4.79 Å². The van der Waals surface area contributed by atoms with E-state index in [4.69, 9.17) is 0 Å². The van der Waals surface area contributed by atoms with E-state index in [1.807, 2.05) is 24.8 Å². The third-order valence-electron chi connectivity index (χ3n) is 3.50. The van der Waals surface area contributed by atoms with Crippen molar-refractivity contribution in [2.45, 2.75) is 32.6 Å². The van der Waals surface area contributed by atoms with Crippen LogP contribution in [0.4, 0.5) is 0 Å². The van der Waals surface area contributed by atoms with Crippen molar-refractivity contribution in [3.8, 4) is 0 Å². The fourth-order valence-electron chi connectivity index (χ4n) is 2.54. The molecule has 0 aromatic heterocycles. The van der Waals surface area contributed by atoms with Crippen molar-refractivity contribution in [2.24, 2.45) is 5.92 Å². The highest BCUT2D eigenvalue weighted by molar-refractivity contribution is 5.78. The van der Waals surface area contributed by atoms with Gasteiger partial charge in [0.2, 0.25) is 5.91 Å². The first-order valence-corrected chi connectivity index (χ1v) is 6.52. The molecule has 17 heavy (non-hydrogen) atoms. The summed E-state index contributed by atoms with van der Waals surface area (Å²) in [6.07, 6.45) is 2.32. The SMILES string of the molecule is CC(C)C(=O)N1CCC[C@@H](c2ccccc2)C1. The summed E-state index contributed by atoms with van der Waals surface area (Å²) in [7, 11) is 0. The first-order valence-electron chi connectivity index (χ1n) is 6.52. The van der Waals surface area contributed by atoms with Gasteiger partial charge in [-0.3, -0.25) is 4.79 Å². The van der Waals surface area contributed by atoms with E-state index >= 15 is 0 Å². The molecule has 1 aliphatic rings. The minimum Gasteiger partial charge on any atom is -0.342 e. The molecule has 0 N–H and O–H groups in total. The highest BCUT2D eigenvalue weighted by Crippen LogP contribution is 2.27. The van der Waals surface area contributed by atoms with E-state index in [9.17, 15) is 4.79 Å². The molecule has 1 aromatic carbocycles. The van der Waals surface area contributed by atoms with Crippen LogP contribution in [0.15, 0.2) is 30.3 Å². The minimum atomic E-state index is 0.115. The average Bonchev–Trinajstić information content (AvgIpc) is 2.39. The fraction of sp³-hybridized carbons (Fsp3) is 0.533. The molecule has 1 amide bonds. The van der Waals surface area contributed by atoms with Crippen LogP contribution in [-0.4, -0.2) is 23.9 Å². The van der Waals surface area contributed by atoms with E-state index < -0.39 is 0 Å². The van der Waals surface area contributed by atoms with Crippen LogP contribution in [0.3, 0.4) is 0 Å². The number of amides is 1. The molecule has 0 bridgehead atoms. The molecule has 0 aliphatic carbocycles. The van der Waals surface area contributed by atoms with Crippen molar-refractivity contribution in [1.82, 2.24) is 4.90 Å². The smallest absolute Gasteiger partial charge is 0.225 e. The fourth-order valence-corrected chi connectivity index (χ4v) is 2.54. The molecule has 1 saturated heterocycles. The van der Waals surface area contributed by atoms with Gasteiger partial charge in [-0.25, -0.2) is 0 Å². The van der Waals surface area contributed by atoms with Crippen LogP contribution in [-0.2, 0) is 4.79 Å². The van der Waals surface area contributed by atoms with Crippen molar-refractivity contribution in [3.05, 3.63) is 35.9 Å². The van der Waals surface area contributed by atoms with Crippen LogP contribution >= 0.6 is 0 Å². The Morgan fingerprint density at radius 3 is 2.65 bits per heavy atom. The van der Waals surface area contributed by atoms with E-state index in [0.717, 1.165) is 19.5 Å². The number of carbonyl (C=O) groups excluding carboxylic acids is 1. The van der Waals surface area contributed by atoms with Gasteiger partial charge in [0.1, 0.15) is 0 Å². The molecule has 0 spiro atoms. The van der Waals surface area contributed by atoms with Gasteiger partial charge in [0, 0.05) is 24.9 Å². The lowest BCUT2D eigenvalue weighted by atomic mass is 9.90. The number of rotatable bonds is 2. The van der Waals surface area contributed by atoms with Gasteiger partial charge < -0.3 is 4.90 Å². The third-order valence-corrected chi connectivity index (χ3v) is 3.50. The molecule has 0 unspecified atom stereocenters. The van der Waals surface area contributed by atoms with Crippen LogP contribution < -0.4 is 0 Å². The van der Waals surface area contributed by atoms with Crippen molar-refractivity contribution in [1.29, 1.82) is 0 Å². The van der Waals surface area contributed by atoms with Crippen LogP contribution in [0.5, 0.6) is 0 Å². The van der Waals surface area contributed by atoms with Gasteiger partial charge >= 0.3 is 0 Å². The number of nitrogens with zero attached hydrogens (tertiary/aromatic N) is 1. The molecule has 92 valence electrons. The number of likely N-dealkylation sites (tertiary alicyclic amines) is 1. The zero-order chi connectivity index (χ0) is 12.3. The van der Waals surface area contributed by atoms with Crippen LogP contribution in [0.2, 0.25) is 0 Å². The van der Waals surface area contributed by atoms with Gasteiger partial charge in [-0.2, -0.15) is 0 Å². The van der Waals surface area contributed by atoms with Crippen molar-refractivity contribution in [2.75, 3.05) is 13.1 Å². The van der Waals surface area contributed by atoms with Crippen molar-refractivity contribution >= 4 is 5.91 Å². The lowest BCUT2D eigenvalue weighted by Crippen LogP contribution is -2.41. The second-order valence-electron chi connectivity index (χ2n) is 5.19. The maximum atomic E-state index is 12.0. The van der Waals surface area contributed by atoms with Crippen molar-refractivity contribution in [3.63, 3.8) is 0 Å². The molecule has 1 atom stereocenters. The highest BCUT2D eigenvalue weighted by Gasteiger charge is 2.25. The summed E-state index contributed by atoms with van der Waals surface area (Å²) in [5.74, 6) is 0.933. The Labute approximate surface area is 104 Å². The molecule has 1 aromatic rings. The zero-order valence-electron chi connectivity index (χ0n) is 10.7. The number of carbonyl (C=O) groups is 1. The third kappa shape index (κ3) is 2.87. The lowest BCUT2D eigenvalue weighted by Gasteiger charge is -2.34. The zero-order valence-corrected chi connectivity index (χ0v) is 10.7. The molecular weight excluding hydrogens is 210 g/mol. The Hall–Kier alpha value is -1.31. The Kier molecular flexibility index (Phi) is 3.82. The molecule has 2 nitrogen and oxygen atoms in total. The summed E-state index contributed by atoms with van der Waals surface area (Å²) in [5, 5.41) is 0. The summed E-state index contributed by atoms with van der Waals surface area (Å²) >= 11 is 0. The predicted octanol–water partition coefficient (Wildman–Crippen LogP) is 3.05. The largest absolute Gasteiger partial charge is 0.342 e. The quantitative estimate of drug-likeness (QED) is 0.766. The maximum Gasteiger partial charge on any atom is 0.225 e. The second kappa shape index (κ2) is 5.35. The summed E-state index contributed by atoms with van der Waals surface area (Å²) in [6, 6.07) is 10.6. The van der Waals surface area contributed by atoms with E-state index in [1.165, 1.54) is 12.0 Å². The molecule has 2 rings (SSSR count). The van der Waals surface area contributed by atoms with Crippen LogP contribution in [0, 0.1) is 5.92 Å². The van der Waals surface area contributed by atoms with Gasteiger partial charge in [0.25, 0.3) is 0 Å². The van der Waals surface area contributed by atoms with E-state index in [0.29, 0.717) is 11.8 Å². The molecule has 0 saturated carbocycles. The average molecular weight is 231 g/mol. The van der Waals surface area contributed by atoms with Crippen LogP contribution in [0.1, 0.15) is 38.2 Å². The normalized spacial score (nSPS) is 20.6. The number of benzene rings is 1. The molecule has 1 aliphatic heterocycles. The molecule has 1 heterocycles. The summed E-state index contributed by atoms with van der Waals surface area (Å²) in [6.45, 7) is 5.78. The summed E-state index contributed by atoms with van der Waals surface area (Å²) in [5.41, 5.74) is 1.37. The van der Waals surface area contributed by atoms with Gasteiger partial charge in [0.15, 0.2) is 0 Å². The summed E-state index contributed by atoms with van der Waals surface area (Å²) in [4.78, 5) is 14.0. The highest BCUT2D eigenvalue weighted by atomic mass is 16.2. The van der Waals surface area contributed by atoms with E-state index in [-0.39, 0.29) is 5.92 Å². The Morgan fingerprint density at radius 1 is 1.29 bits per heavy atom. The molecule has 2 heteroatoms. The van der Waals surface area contributed by atoms with Crippen LogP contribution in [0.25, 0.3) is 0 Å². The maximum absolute atomic E-state index is 12.0. The topological polar surface area (TPSA) is 20.3 Å². The Balaban J connectivity index is 2.05. The number of hydrogen-bond acceptors (Lipinski definition) is 1. The predicted molar refractivity (Wildman–Crippen MR) is 69.8 cm³/mol. The van der Waals surface area contributed by atoms with E-state index in [1.54, 1.807) is 0 Å². The van der Waals surface area contributed by atoms with Gasteiger partial charge in [-0.1, -0.05) is 44.2 Å². The van der Waals surface area contributed by atoms with Gasteiger partial charge in [0.05, 0.1) is 0 Å². The second-order valence-corrected chi connectivity index (χ2v) is 5.19. The monoisotopic (exact) mass is 231 g/mol. The van der Waals surface area contributed by atoms with E-state index in [2.05, 4.69) is 24.3 Å². The lowest BCUT2D eigenvalue weighted by molar-refractivity contribution is -0.135. The molecule has 0 radical (unpaired) electrons. The van der Waals surface area contributed by atoms with Gasteiger partial charge in [-0.15, -0.1) is 0 Å². The van der Waals surface area contributed by atoms with Gasteiger partial charge in [-0.05, 0) is 18.4 Å². The molecule has 1 fully saturated rings. The Bertz CT molecular complexity index is 372. The number of hydrogen-bond donors (Lipinski definition) is 0. The molecular formula is C15H21NO. The minimum absolute atomic E-state index is 0.115.